The zero-order valence-electron chi connectivity index (χ0n) is 19.6. The quantitative estimate of drug-likeness (QED) is 0.404. The Morgan fingerprint density at radius 1 is 1.09 bits per heavy atom. The van der Waals surface area contributed by atoms with Crippen LogP contribution < -0.4 is 9.64 Å². The monoisotopic (exact) mass is 457 g/mol. The van der Waals surface area contributed by atoms with Crippen LogP contribution in [0.5, 0.6) is 11.6 Å². The molecule has 1 saturated heterocycles. The van der Waals surface area contributed by atoms with E-state index in [2.05, 4.69) is 10.00 Å². The van der Waals surface area contributed by atoms with E-state index < -0.39 is 0 Å². The second-order valence-corrected chi connectivity index (χ2v) is 8.60. The van der Waals surface area contributed by atoms with Gasteiger partial charge in [0, 0.05) is 32.1 Å². The number of carbonyl (C=O) groups is 1. The number of morpholine rings is 1. The number of fused-ring (bicyclic) bond motifs is 1. The largest absolute Gasteiger partial charge is 0.438 e. The number of hydrogen-bond acceptors (Lipinski definition) is 7. The summed E-state index contributed by atoms with van der Waals surface area (Å²) in [6.45, 7) is 6.68. The number of ketones is 1. The first-order valence-corrected chi connectivity index (χ1v) is 11.4. The van der Waals surface area contributed by atoms with Crippen molar-refractivity contribution in [1.29, 1.82) is 0 Å². The summed E-state index contributed by atoms with van der Waals surface area (Å²) in [6, 6.07) is 13.5. The van der Waals surface area contributed by atoms with Crippen LogP contribution in [0.4, 0.5) is 5.95 Å². The maximum Gasteiger partial charge on any atom is 0.235 e. The van der Waals surface area contributed by atoms with Crippen LogP contribution in [0.2, 0.25) is 0 Å². The first-order chi connectivity index (χ1) is 16.5. The van der Waals surface area contributed by atoms with E-state index >= 15 is 0 Å². The molecule has 2 aromatic carbocycles. The van der Waals surface area contributed by atoms with E-state index in [1.54, 1.807) is 10.9 Å². The fraction of sp³-hybridized carbons (Fsp3) is 0.308. The molecule has 1 fully saturated rings. The number of aromatic nitrogens is 4. The van der Waals surface area contributed by atoms with Crippen molar-refractivity contribution in [3.63, 3.8) is 0 Å². The van der Waals surface area contributed by atoms with Gasteiger partial charge in [-0.15, -0.1) is 0 Å². The Morgan fingerprint density at radius 3 is 2.71 bits per heavy atom. The van der Waals surface area contributed by atoms with Gasteiger partial charge in [0.2, 0.25) is 11.8 Å². The lowest BCUT2D eigenvalue weighted by atomic mass is 10.0. The Kier molecular flexibility index (Phi) is 5.98. The highest BCUT2D eigenvalue weighted by Crippen LogP contribution is 2.32. The Labute approximate surface area is 198 Å². The number of Topliss-reactive ketones (excluding diaryl/α,β-unsaturated/α-hetero) is 1. The lowest BCUT2D eigenvalue weighted by Crippen LogP contribution is -2.37. The van der Waals surface area contributed by atoms with Gasteiger partial charge in [-0.25, -0.2) is 0 Å². The Hall–Kier alpha value is -3.78. The molecule has 0 aliphatic carbocycles. The molecule has 2 aromatic heterocycles. The number of ether oxygens (including phenoxy) is 2. The number of aryl methyl sites for hydroxylation is 3. The topological polar surface area (TPSA) is 82.4 Å². The Balaban J connectivity index is 1.46. The number of rotatable bonds is 6. The second kappa shape index (κ2) is 9.23. The molecule has 8 heteroatoms. The molecule has 0 spiro atoms. The molecule has 1 aliphatic heterocycles. The minimum Gasteiger partial charge on any atom is -0.438 e. The van der Waals surface area contributed by atoms with E-state index in [1.165, 1.54) is 0 Å². The lowest BCUT2D eigenvalue weighted by molar-refractivity contribution is 0.0993. The highest BCUT2D eigenvalue weighted by atomic mass is 16.5. The van der Waals surface area contributed by atoms with Gasteiger partial charge in [-0.1, -0.05) is 35.9 Å². The van der Waals surface area contributed by atoms with Crippen LogP contribution >= 0.6 is 0 Å². The number of hydrogen-bond donors (Lipinski definition) is 0. The van der Waals surface area contributed by atoms with Gasteiger partial charge in [0.05, 0.1) is 19.4 Å². The van der Waals surface area contributed by atoms with Crippen LogP contribution in [-0.2, 0) is 18.2 Å². The van der Waals surface area contributed by atoms with Gasteiger partial charge in [0.1, 0.15) is 11.1 Å². The van der Waals surface area contributed by atoms with Crippen LogP contribution in [0, 0.1) is 13.8 Å². The predicted octanol–water partition coefficient (Wildman–Crippen LogP) is 4.03. The summed E-state index contributed by atoms with van der Waals surface area (Å²) in [5.41, 5.74) is 4.33. The van der Waals surface area contributed by atoms with Gasteiger partial charge in [-0.05, 0) is 37.1 Å². The molecule has 0 atom stereocenters. The third kappa shape index (κ3) is 4.49. The zero-order chi connectivity index (χ0) is 23.7. The Bertz CT molecular complexity index is 1360. The molecule has 0 amide bonds. The molecule has 5 rings (SSSR count). The van der Waals surface area contributed by atoms with E-state index in [0.29, 0.717) is 48.4 Å². The van der Waals surface area contributed by atoms with E-state index in [-0.39, 0.29) is 5.78 Å². The normalized spacial score (nSPS) is 13.9. The van der Waals surface area contributed by atoms with Gasteiger partial charge >= 0.3 is 0 Å². The van der Waals surface area contributed by atoms with Crippen molar-refractivity contribution >= 4 is 22.8 Å². The third-order valence-electron chi connectivity index (χ3n) is 6.00. The van der Waals surface area contributed by atoms with Crippen LogP contribution in [-0.4, -0.2) is 51.8 Å². The highest BCUT2D eigenvalue weighted by molar-refractivity contribution is 5.97. The summed E-state index contributed by atoms with van der Waals surface area (Å²) in [5.74, 6) is 1.78. The minimum atomic E-state index is 0.0739. The Morgan fingerprint density at radius 2 is 1.91 bits per heavy atom. The van der Waals surface area contributed by atoms with Gasteiger partial charge in [0.25, 0.3) is 0 Å². The SMILES string of the molecule is Cc1cccc(C(=O)Cc2ccc(C)c(Oc3nc(N4CCOCC4)nc4c3cnn4C)c2)c1. The fourth-order valence-corrected chi connectivity index (χ4v) is 4.04. The molecule has 34 heavy (non-hydrogen) atoms. The molecule has 0 radical (unpaired) electrons. The van der Waals surface area contributed by atoms with Crippen molar-refractivity contribution < 1.29 is 14.3 Å². The zero-order valence-corrected chi connectivity index (χ0v) is 19.6. The fourth-order valence-electron chi connectivity index (χ4n) is 4.04. The van der Waals surface area contributed by atoms with E-state index in [4.69, 9.17) is 19.4 Å². The van der Waals surface area contributed by atoms with Crippen LogP contribution in [0.3, 0.4) is 0 Å². The summed E-state index contributed by atoms with van der Waals surface area (Å²) in [4.78, 5) is 24.4. The second-order valence-electron chi connectivity index (χ2n) is 8.60. The summed E-state index contributed by atoms with van der Waals surface area (Å²) in [6.07, 6.45) is 2.01. The van der Waals surface area contributed by atoms with Crippen molar-refractivity contribution in [2.75, 3.05) is 31.2 Å². The maximum absolute atomic E-state index is 12.8. The molecule has 0 saturated carbocycles. The molecule has 174 valence electrons. The summed E-state index contributed by atoms with van der Waals surface area (Å²) in [7, 11) is 1.85. The van der Waals surface area contributed by atoms with E-state index in [0.717, 1.165) is 35.2 Å². The summed E-state index contributed by atoms with van der Waals surface area (Å²) >= 11 is 0. The van der Waals surface area contributed by atoms with E-state index in [9.17, 15) is 4.79 Å². The summed E-state index contributed by atoms with van der Waals surface area (Å²) in [5, 5.41) is 5.09. The molecular weight excluding hydrogens is 430 g/mol. The van der Waals surface area contributed by atoms with E-state index in [1.807, 2.05) is 63.4 Å². The third-order valence-corrected chi connectivity index (χ3v) is 6.00. The minimum absolute atomic E-state index is 0.0739. The number of carbonyl (C=O) groups excluding carboxylic acids is 1. The van der Waals surface area contributed by atoms with Crippen LogP contribution in [0.15, 0.2) is 48.7 Å². The average molecular weight is 458 g/mol. The average Bonchev–Trinajstić information content (AvgIpc) is 3.22. The lowest BCUT2D eigenvalue weighted by Gasteiger charge is -2.27. The van der Waals surface area contributed by atoms with Crippen molar-refractivity contribution in [3.8, 4) is 11.6 Å². The molecule has 0 N–H and O–H groups in total. The number of nitrogens with zero attached hydrogens (tertiary/aromatic N) is 5. The number of benzene rings is 2. The molecule has 0 bridgehead atoms. The van der Waals surface area contributed by atoms with Gasteiger partial charge in [-0.2, -0.15) is 15.1 Å². The maximum atomic E-state index is 12.8. The number of anilines is 1. The van der Waals surface area contributed by atoms with Crippen molar-refractivity contribution in [3.05, 3.63) is 70.9 Å². The molecule has 4 aromatic rings. The van der Waals surface area contributed by atoms with Gasteiger partial charge in [-0.3, -0.25) is 9.48 Å². The standard InChI is InChI=1S/C26H27N5O3/c1-17-5-4-6-20(13-17)22(32)14-19-8-7-18(2)23(15-19)34-25-21-16-27-30(3)24(21)28-26(29-25)31-9-11-33-12-10-31/h4-8,13,15-16H,9-12,14H2,1-3H3. The van der Waals surface area contributed by atoms with Crippen molar-refractivity contribution in [1.82, 2.24) is 19.7 Å². The summed E-state index contributed by atoms with van der Waals surface area (Å²) < 4.78 is 13.5. The molecular formula is C26H27N5O3. The molecule has 1 aliphatic rings. The van der Waals surface area contributed by atoms with Crippen LogP contribution in [0.1, 0.15) is 27.0 Å². The van der Waals surface area contributed by atoms with Crippen molar-refractivity contribution in [2.24, 2.45) is 7.05 Å². The van der Waals surface area contributed by atoms with Gasteiger partial charge < -0.3 is 14.4 Å². The first-order valence-electron chi connectivity index (χ1n) is 11.4. The predicted molar refractivity (Wildman–Crippen MR) is 130 cm³/mol. The molecule has 0 unspecified atom stereocenters. The van der Waals surface area contributed by atoms with Crippen molar-refractivity contribution in [2.45, 2.75) is 20.3 Å². The molecule has 8 nitrogen and oxygen atoms in total. The smallest absolute Gasteiger partial charge is 0.235 e. The van der Waals surface area contributed by atoms with Gasteiger partial charge in [0.15, 0.2) is 11.4 Å². The van der Waals surface area contributed by atoms with Crippen LogP contribution in [0.25, 0.3) is 11.0 Å². The highest BCUT2D eigenvalue weighted by Gasteiger charge is 2.20. The molecule has 3 heterocycles. The first kappa shape index (κ1) is 22.0.